The Morgan fingerprint density at radius 1 is 0.900 bits per heavy atom. The number of unbranched alkanes of at least 4 members (excludes halogenated alkanes) is 2. The maximum absolute atomic E-state index is 9.24. The Bertz CT molecular complexity index is 267. The molecule has 0 aliphatic heterocycles. The van der Waals surface area contributed by atoms with Crippen molar-refractivity contribution < 1.29 is 5.11 Å². The van der Waals surface area contributed by atoms with Crippen LogP contribution in [0, 0.1) is 23.7 Å². The normalized spacial score (nSPS) is 35.5. The summed E-state index contributed by atoms with van der Waals surface area (Å²) in [4.78, 5) is 0. The fraction of sp³-hybridized carbons (Fsp3) is 0.895. The van der Waals surface area contributed by atoms with E-state index >= 15 is 0 Å². The van der Waals surface area contributed by atoms with Gasteiger partial charge in [-0.05, 0) is 81.5 Å². The second-order valence-corrected chi connectivity index (χ2v) is 7.21. The Labute approximate surface area is 125 Å². The minimum absolute atomic E-state index is 0.419. The van der Waals surface area contributed by atoms with Crippen LogP contribution in [0.1, 0.15) is 77.6 Å². The lowest BCUT2D eigenvalue weighted by Crippen LogP contribution is -2.26. The van der Waals surface area contributed by atoms with Gasteiger partial charge in [0.1, 0.15) is 0 Å². The largest absolute Gasteiger partial charge is 0.396 e. The highest BCUT2D eigenvalue weighted by Gasteiger charge is 2.29. The number of hydrogen-bond donors (Lipinski definition) is 1. The van der Waals surface area contributed by atoms with Crippen molar-refractivity contribution in [1.29, 1.82) is 0 Å². The fourth-order valence-electron chi connectivity index (χ4n) is 4.26. The topological polar surface area (TPSA) is 20.2 Å². The summed E-state index contributed by atoms with van der Waals surface area (Å²) in [6.07, 6.45) is 20.0. The first-order valence-corrected chi connectivity index (χ1v) is 9.11. The van der Waals surface area contributed by atoms with Gasteiger partial charge >= 0.3 is 0 Å². The van der Waals surface area contributed by atoms with Crippen LogP contribution in [-0.4, -0.2) is 11.7 Å². The maximum atomic E-state index is 9.24. The monoisotopic (exact) mass is 278 g/mol. The van der Waals surface area contributed by atoms with E-state index in [-0.39, 0.29) is 0 Å². The van der Waals surface area contributed by atoms with Crippen LogP contribution in [0.4, 0.5) is 0 Å². The lowest BCUT2D eigenvalue weighted by molar-refractivity contribution is 0.122. The Morgan fingerprint density at radius 3 is 2.05 bits per heavy atom. The highest BCUT2D eigenvalue weighted by atomic mass is 16.3. The standard InChI is InChI=1S/C19H34O/c1-2-3-4-5-6-16-7-11-18(12-8-16)19-13-9-17(15-20)10-14-19/h5-6,16-20H,2-4,7-15H2,1H3/b6-5+. The van der Waals surface area contributed by atoms with E-state index in [2.05, 4.69) is 19.1 Å². The molecule has 1 N–H and O–H groups in total. The number of hydrogen-bond acceptors (Lipinski definition) is 1. The highest BCUT2D eigenvalue weighted by Crippen LogP contribution is 2.41. The van der Waals surface area contributed by atoms with Crippen LogP contribution in [0.2, 0.25) is 0 Å². The quantitative estimate of drug-likeness (QED) is 0.514. The van der Waals surface area contributed by atoms with Crippen molar-refractivity contribution in [2.45, 2.75) is 77.6 Å². The van der Waals surface area contributed by atoms with E-state index in [9.17, 15) is 5.11 Å². The molecule has 0 unspecified atom stereocenters. The molecule has 0 bridgehead atoms. The molecule has 2 fully saturated rings. The van der Waals surface area contributed by atoms with E-state index in [0.29, 0.717) is 12.5 Å². The molecule has 0 atom stereocenters. The van der Waals surface area contributed by atoms with E-state index < -0.39 is 0 Å². The van der Waals surface area contributed by atoms with Crippen LogP contribution in [0.5, 0.6) is 0 Å². The van der Waals surface area contributed by atoms with E-state index in [1.54, 1.807) is 0 Å². The smallest absolute Gasteiger partial charge is 0.0459 e. The predicted octanol–water partition coefficient (Wildman–Crippen LogP) is 5.34. The highest BCUT2D eigenvalue weighted by molar-refractivity contribution is 4.92. The third-order valence-electron chi connectivity index (χ3n) is 5.77. The van der Waals surface area contributed by atoms with Gasteiger partial charge < -0.3 is 5.11 Å². The van der Waals surface area contributed by atoms with Crippen LogP contribution in [0.3, 0.4) is 0 Å². The van der Waals surface area contributed by atoms with E-state index in [0.717, 1.165) is 17.8 Å². The lowest BCUT2D eigenvalue weighted by Gasteiger charge is -2.37. The van der Waals surface area contributed by atoms with E-state index in [4.69, 9.17) is 0 Å². The van der Waals surface area contributed by atoms with Crippen LogP contribution >= 0.6 is 0 Å². The van der Waals surface area contributed by atoms with Gasteiger partial charge in [0.05, 0.1) is 0 Å². The first-order valence-electron chi connectivity index (χ1n) is 9.11. The van der Waals surface area contributed by atoms with Gasteiger partial charge in [-0.3, -0.25) is 0 Å². The molecular weight excluding hydrogens is 244 g/mol. The third-order valence-corrected chi connectivity index (χ3v) is 5.77. The molecule has 2 rings (SSSR count). The third kappa shape index (κ3) is 4.91. The van der Waals surface area contributed by atoms with Gasteiger partial charge in [0.25, 0.3) is 0 Å². The summed E-state index contributed by atoms with van der Waals surface area (Å²) < 4.78 is 0. The van der Waals surface area contributed by atoms with E-state index in [1.165, 1.54) is 70.6 Å². The number of aliphatic hydroxyl groups is 1. The molecule has 0 amide bonds. The Balaban J connectivity index is 1.65. The number of aliphatic hydroxyl groups excluding tert-OH is 1. The Hall–Kier alpha value is -0.300. The second-order valence-electron chi connectivity index (χ2n) is 7.21. The average Bonchev–Trinajstić information content (AvgIpc) is 2.52. The SMILES string of the molecule is CCCC/C=C/C1CCC(C2CCC(CO)CC2)CC1. The van der Waals surface area contributed by atoms with Crippen molar-refractivity contribution in [3.8, 4) is 0 Å². The molecule has 0 radical (unpaired) electrons. The molecule has 0 aromatic carbocycles. The predicted molar refractivity (Wildman–Crippen MR) is 86.6 cm³/mol. The molecule has 0 aromatic rings. The van der Waals surface area contributed by atoms with Gasteiger partial charge in [0, 0.05) is 6.61 Å². The zero-order chi connectivity index (χ0) is 14.2. The number of rotatable bonds is 6. The van der Waals surface area contributed by atoms with Crippen molar-refractivity contribution in [2.24, 2.45) is 23.7 Å². The molecule has 0 saturated heterocycles. The Kier molecular flexibility index (Phi) is 7.13. The van der Waals surface area contributed by atoms with E-state index in [1.807, 2.05) is 0 Å². The van der Waals surface area contributed by atoms with Crippen molar-refractivity contribution in [3.63, 3.8) is 0 Å². The summed E-state index contributed by atoms with van der Waals surface area (Å²) in [6.45, 7) is 2.69. The van der Waals surface area contributed by atoms with Crippen LogP contribution < -0.4 is 0 Å². The molecule has 2 saturated carbocycles. The lowest BCUT2D eigenvalue weighted by atomic mass is 9.69. The summed E-state index contributed by atoms with van der Waals surface area (Å²) in [5.41, 5.74) is 0. The number of allylic oxidation sites excluding steroid dienone is 2. The average molecular weight is 278 g/mol. The van der Waals surface area contributed by atoms with Crippen molar-refractivity contribution in [1.82, 2.24) is 0 Å². The molecule has 2 aliphatic rings. The second kappa shape index (κ2) is 8.87. The van der Waals surface area contributed by atoms with Gasteiger partial charge in [-0.1, -0.05) is 31.9 Å². The summed E-state index contributed by atoms with van der Waals surface area (Å²) in [6, 6.07) is 0. The van der Waals surface area contributed by atoms with Crippen molar-refractivity contribution in [2.75, 3.05) is 6.61 Å². The molecule has 1 nitrogen and oxygen atoms in total. The van der Waals surface area contributed by atoms with Crippen LogP contribution in [-0.2, 0) is 0 Å². The molecule has 116 valence electrons. The summed E-state index contributed by atoms with van der Waals surface area (Å²) in [5.74, 6) is 3.46. The van der Waals surface area contributed by atoms with Gasteiger partial charge in [0.2, 0.25) is 0 Å². The van der Waals surface area contributed by atoms with Crippen LogP contribution in [0.15, 0.2) is 12.2 Å². The molecule has 2 aliphatic carbocycles. The summed E-state index contributed by atoms with van der Waals surface area (Å²) in [7, 11) is 0. The molecule has 0 heterocycles. The summed E-state index contributed by atoms with van der Waals surface area (Å²) in [5, 5.41) is 9.24. The zero-order valence-corrected chi connectivity index (χ0v) is 13.4. The van der Waals surface area contributed by atoms with Crippen LogP contribution in [0.25, 0.3) is 0 Å². The van der Waals surface area contributed by atoms with Gasteiger partial charge in [-0.25, -0.2) is 0 Å². The van der Waals surface area contributed by atoms with Gasteiger partial charge in [-0.2, -0.15) is 0 Å². The maximum Gasteiger partial charge on any atom is 0.0459 e. The minimum atomic E-state index is 0.419. The molecule has 0 spiro atoms. The molecule has 0 aromatic heterocycles. The van der Waals surface area contributed by atoms with Crippen molar-refractivity contribution in [3.05, 3.63) is 12.2 Å². The van der Waals surface area contributed by atoms with Gasteiger partial charge in [0.15, 0.2) is 0 Å². The fourth-order valence-corrected chi connectivity index (χ4v) is 4.26. The minimum Gasteiger partial charge on any atom is -0.396 e. The zero-order valence-electron chi connectivity index (χ0n) is 13.4. The first-order chi connectivity index (χ1) is 9.83. The first kappa shape index (κ1) is 16.1. The Morgan fingerprint density at radius 2 is 1.50 bits per heavy atom. The molecular formula is C19H34O. The van der Waals surface area contributed by atoms with Crippen molar-refractivity contribution >= 4 is 0 Å². The molecule has 1 heteroatoms. The summed E-state index contributed by atoms with van der Waals surface area (Å²) >= 11 is 0. The van der Waals surface area contributed by atoms with Gasteiger partial charge in [-0.15, -0.1) is 0 Å². The molecule has 20 heavy (non-hydrogen) atoms.